The molecule has 1 unspecified atom stereocenters. The number of carbonyl (C=O) groups excluding carboxylic acids is 4. The van der Waals surface area contributed by atoms with Crippen LogP contribution in [-0.2, 0) is 28.6 Å². The van der Waals surface area contributed by atoms with Crippen molar-refractivity contribution < 1.29 is 43.3 Å². The molecule has 2 aliphatic rings. The molecule has 1 fully saturated rings. The number of esters is 1. The first kappa shape index (κ1) is 30.0. The van der Waals surface area contributed by atoms with Crippen molar-refractivity contribution in [3.05, 3.63) is 28.6 Å². The molecule has 3 amide bonds. The molecule has 0 aromatic carbocycles. The van der Waals surface area contributed by atoms with E-state index in [9.17, 15) is 24.0 Å². The minimum atomic E-state index is -1.63. The fraction of sp³-hybridized carbons (Fsp3) is 0.500. The highest BCUT2D eigenvalue weighted by atomic mass is 32.2. The van der Waals surface area contributed by atoms with Crippen LogP contribution in [0.5, 0.6) is 0 Å². The molecule has 3 N–H and O–H groups in total. The number of rotatable bonds is 8. The number of thiazole rings is 1. The highest BCUT2D eigenvalue weighted by Crippen LogP contribution is 2.41. The van der Waals surface area contributed by atoms with Crippen LogP contribution in [0, 0.1) is 5.92 Å². The Kier molecular flexibility index (Phi) is 9.27. The molecule has 3 heterocycles. The Morgan fingerprint density at radius 1 is 1.28 bits per heavy atom. The number of thioether (sulfide) groups is 1. The van der Waals surface area contributed by atoms with E-state index in [2.05, 4.69) is 15.6 Å². The number of allylic oxidation sites excluding steroid dienone is 1. The number of anilines is 1. The number of hydrogen-bond acceptors (Lipinski definition) is 11. The lowest BCUT2D eigenvalue weighted by Crippen LogP contribution is -2.70. The Morgan fingerprint density at radius 2 is 1.97 bits per heavy atom. The smallest absolute Gasteiger partial charge is 0.461 e. The zero-order valence-corrected chi connectivity index (χ0v) is 23.9. The maximum atomic E-state index is 13.3. The number of fused-ring (bicyclic) bond motifs is 1. The van der Waals surface area contributed by atoms with E-state index in [1.54, 1.807) is 32.2 Å². The maximum Gasteiger partial charge on any atom is 0.512 e. The average Bonchev–Trinajstić information content (AvgIpc) is 3.25. The monoisotopic (exact) mass is 582 g/mol. The molecule has 1 aromatic rings. The molecule has 0 radical (unpaired) electrons. The molecule has 3 rings (SSSR count). The van der Waals surface area contributed by atoms with Gasteiger partial charge in [-0.3, -0.25) is 24.6 Å². The molecule has 1 aromatic heterocycles. The largest absolute Gasteiger partial charge is 0.512 e. The number of amides is 3. The summed E-state index contributed by atoms with van der Waals surface area (Å²) in [5, 5.41) is 15.6. The Labute approximate surface area is 232 Å². The minimum Gasteiger partial charge on any atom is -0.461 e. The van der Waals surface area contributed by atoms with Crippen molar-refractivity contribution in [2.45, 2.75) is 58.6 Å². The van der Waals surface area contributed by atoms with Gasteiger partial charge in [0.25, 0.3) is 11.8 Å². The summed E-state index contributed by atoms with van der Waals surface area (Å²) in [6.45, 7) is 9.91. The van der Waals surface area contributed by atoms with Crippen LogP contribution in [0.4, 0.5) is 14.7 Å². The van der Waals surface area contributed by atoms with E-state index in [-0.39, 0.29) is 34.9 Å². The van der Waals surface area contributed by atoms with Crippen molar-refractivity contribution in [2.24, 2.45) is 5.92 Å². The third kappa shape index (κ3) is 7.72. The van der Waals surface area contributed by atoms with E-state index in [1.807, 2.05) is 13.8 Å². The van der Waals surface area contributed by atoms with Crippen molar-refractivity contribution in [3.63, 3.8) is 0 Å². The first-order chi connectivity index (χ1) is 18.2. The Morgan fingerprint density at radius 3 is 2.56 bits per heavy atom. The summed E-state index contributed by atoms with van der Waals surface area (Å²) in [6.07, 6.45) is -0.623. The SMILES string of the molecule is CC(=O)OCC1=C(OC(=O)O)N2C(=O)C(NC(=O)/C(=C\C(C)C)c3csc(NC(=O)OC(C)(C)C)n3)[C@@H]2SC1. The summed E-state index contributed by atoms with van der Waals surface area (Å²) >= 11 is 2.38. The Hall–Kier alpha value is -3.59. The highest BCUT2D eigenvalue weighted by Gasteiger charge is 2.54. The topological polar surface area (TPSA) is 173 Å². The number of hydrogen-bond donors (Lipinski definition) is 3. The quantitative estimate of drug-likeness (QED) is 0.177. The molecule has 2 aliphatic heterocycles. The van der Waals surface area contributed by atoms with Crippen molar-refractivity contribution in [1.29, 1.82) is 0 Å². The van der Waals surface area contributed by atoms with Crippen LogP contribution in [0.3, 0.4) is 0 Å². The van der Waals surface area contributed by atoms with Gasteiger partial charge >= 0.3 is 18.2 Å². The summed E-state index contributed by atoms with van der Waals surface area (Å²) in [5.41, 5.74) is 0.132. The lowest BCUT2D eigenvalue weighted by atomic mass is 10.0. The molecule has 1 saturated heterocycles. The highest BCUT2D eigenvalue weighted by molar-refractivity contribution is 8.00. The molecule has 212 valence electrons. The summed E-state index contributed by atoms with van der Waals surface area (Å²) in [6, 6.07) is -0.960. The lowest BCUT2D eigenvalue weighted by molar-refractivity contribution is -0.148. The first-order valence-electron chi connectivity index (χ1n) is 11.9. The molecule has 0 saturated carbocycles. The zero-order chi connectivity index (χ0) is 29.1. The van der Waals surface area contributed by atoms with E-state index >= 15 is 0 Å². The number of β-lactam (4-membered cyclic amide) rings is 1. The van der Waals surface area contributed by atoms with Gasteiger partial charge in [0.2, 0.25) is 5.88 Å². The van der Waals surface area contributed by atoms with Crippen LogP contribution in [0.25, 0.3) is 5.57 Å². The number of nitrogens with one attached hydrogen (secondary N) is 2. The van der Waals surface area contributed by atoms with Crippen LogP contribution in [-0.4, -0.2) is 74.4 Å². The fourth-order valence-electron chi connectivity index (χ4n) is 3.57. The van der Waals surface area contributed by atoms with Gasteiger partial charge in [-0.15, -0.1) is 23.1 Å². The molecule has 0 aliphatic carbocycles. The number of nitrogens with zero attached hydrogens (tertiary/aromatic N) is 2. The normalized spacial score (nSPS) is 19.2. The van der Waals surface area contributed by atoms with Gasteiger partial charge in [-0.2, -0.15) is 0 Å². The summed E-state index contributed by atoms with van der Waals surface area (Å²) in [5.74, 6) is -1.76. The van der Waals surface area contributed by atoms with Gasteiger partial charge < -0.3 is 24.6 Å². The third-order valence-corrected chi connectivity index (χ3v) is 7.14. The second-order valence-corrected chi connectivity index (χ2v) is 11.9. The van der Waals surface area contributed by atoms with Gasteiger partial charge in [-0.1, -0.05) is 19.9 Å². The zero-order valence-electron chi connectivity index (χ0n) is 22.2. The van der Waals surface area contributed by atoms with Crippen LogP contribution >= 0.6 is 23.1 Å². The lowest BCUT2D eigenvalue weighted by Gasteiger charge is -2.49. The summed E-state index contributed by atoms with van der Waals surface area (Å²) in [4.78, 5) is 66.4. The predicted molar refractivity (Wildman–Crippen MR) is 143 cm³/mol. The van der Waals surface area contributed by atoms with Crippen molar-refractivity contribution >= 4 is 63.8 Å². The maximum absolute atomic E-state index is 13.3. The van der Waals surface area contributed by atoms with Gasteiger partial charge in [0.1, 0.15) is 23.6 Å². The fourth-order valence-corrected chi connectivity index (χ4v) is 5.57. The van der Waals surface area contributed by atoms with Crippen LogP contribution in [0.15, 0.2) is 22.9 Å². The van der Waals surface area contributed by atoms with Crippen LogP contribution < -0.4 is 10.6 Å². The summed E-state index contributed by atoms with van der Waals surface area (Å²) in [7, 11) is 0. The molecule has 0 bridgehead atoms. The number of carbonyl (C=O) groups is 5. The van der Waals surface area contributed by atoms with Crippen LogP contribution in [0.2, 0.25) is 0 Å². The number of ether oxygens (including phenoxy) is 3. The summed E-state index contributed by atoms with van der Waals surface area (Å²) < 4.78 is 15.0. The van der Waals surface area contributed by atoms with Crippen molar-refractivity contribution in [2.75, 3.05) is 17.7 Å². The van der Waals surface area contributed by atoms with E-state index in [1.165, 1.54) is 18.7 Å². The second kappa shape index (κ2) is 12.1. The number of aromatic nitrogens is 1. The minimum absolute atomic E-state index is 0.0466. The van der Waals surface area contributed by atoms with E-state index in [0.29, 0.717) is 11.3 Å². The van der Waals surface area contributed by atoms with Gasteiger partial charge in [-0.25, -0.2) is 14.6 Å². The van der Waals surface area contributed by atoms with Gasteiger partial charge in [0, 0.05) is 23.6 Å². The first-order valence-corrected chi connectivity index (χ1v) is 13.8. The third-order valence-electron chi connectivity index (χ3n) is 5.05. The van der Waals surface area contributed by atoms with E-state index < -0.39 is 47.0 Å². The molecule has 15 heteroatoms. The van der Waals surface area contributed by atoms with Crippen LogP contribution in [0.1, 0.15) is 47.2 Å². The Balaban J connectivity index is 1.76. The molecular weight excluding hydrogens is 552 g/mol. The Bertz CT molecular complexity index is 1230. The second-order valence-electron chi connectivity index (χ2n) is 9.91. The van der Waals surface area contributed by atoms with Gasteiger partial charge in [-0.05, 0) is 26.7 Å². The van der Waals surface area contributed by atoms with Gasteiger partial charge in [0.05, 0.1) is 11.3 Å². The van der Waals surface area contributed by atoms with Crippen molar-refractivity contribution in [1.82, 2.24) is 15.2 Å². The van der Waals surface area contributed by atoms with Crippen molar-refractivity contribution in [3.8, 4) is 0 Å². The molecule has 39 heavy (non-hydrogen) atoms. The average molecular weight is 583 g/mol. The predicted octanol–water partition coefficient (Wildman–Crippen LogP) is 3.40. The molecule has 13 nitrogen and oxygen atoms in total. The standard InChI is InChI=1S/C24H30N4O9S2/c1-11(2)7-14(15-10-39-21(25-15)27-22(32)37-24(4,5)6)17(30)26-16-18(31)28-19(36-23(33)34)13(8-35-12(3)29)9-38-20(16)28/h7,10-11,16,20H,8-9H2,1-6H3,(H,26,30)(H,33,34)(H,25,27,32)/b14-7-/t16?,20-/m0/s1. The van der Waals surface area contributed by atoms with E-state index in [4.69, 9.17) is 19.3 Å². The number of carboxylic acid groups (broad SMARTS) is 1. The molecule has 0 spiro atoms. The van der Waals surface area contributed by atoms with Gasteiger partial charge in [0.15, 0.2) is 5.13 Å². The van der Waals surface area contributed by atoms with E-state index in [0.717, 1.165) is 16.2 Å². The molecule has 2 atom stereocenters. The molecular formula is C24H30N4O9S2.